The van der Waals surface area contributed by atoms with Gasteiger partial charge in [0.25, 0.3) is 0 Å². The van der Waals surface area contributed by atoms with E-state index in [0.717, 1.165) is 0 Å². The Bertz CT molecular complexity index is 811. The maximum Gasteiger partial charge on any atom is 0.246 e. The Labute approximate surface area is 154 Å². The molecule has 0 bridgehead atoms. The van der Waals surface area contributed by atoms with Crippen LogP contribution in [-0.2, 0) is 10.0 Å². The fraction of sp³-hybridized carbons (Fsp3) is 0.474. The predicted molar refractivity (Wildman–Crippen MR) is 97.5 cm³/mol. The van der Waals surface area contributed by atoms with Crippen LogP contribution in [0.15, 0.2) is 47.1 Å². The van der Waals surface area contributed by atoms with Crippen molar-refractivity contribution >= 4 is 10.0 Å². The first-order valence-electron chi connectivity index (χ1n) is 8.71. The van der Waals surface area contributed by atoms with Gasteiger partial charge in [-0.05, 0) is 43.4 Å². The molecule has 1 aromatic carbocycles. The van der Waals surface area contributed by atoms with E-state index >= 15 is 0 Å². The van der Waals surface area contributed by atoms with Crippen molar-refractivity contribution in [1.29, 1.82) is 0 Å². The zero-order chi connectivity index (χ0) is 18.7. The second-order valence-electron chi connectivity index (χ2n) is 6.54. The molecule has 0 radical (unpaired) electrons. The average Bonchev–Trinajstić information content (AvgIpc) is 2.68. The number of rotatable bonds is 5. The zero-order valence-electron chi connectivity index (χ0n) is 15.0. The van der Waals surface area contributed by atoms with Crippen LogP contribution in [0.25, 0.3) is 0 Å². The molecule has 3 rings (SSSR count). The molecule has 1 aromatic rings. The summed E-state index contributed by atoms with van der Waals surface area (Å²) >= 11 is 0. The molecule has 1 atom stereocenters. The van der Waals surface area contributed by atoms with Crippen LogP contribution in [0, 0.1) is 11.8 Å². The minimum atomic E-state index is -3.70. The molecule has 1 aliphatic heterocycles. The van der Waals surface area contributed by atoms with E-state index in [2.05, 4.69) is 0 Å². The SMILES string of the molecule is COc1ccc(OC)c(S(=O)(=O)N2CCC(C3C=CCC=C3F)CC2)c1. The number of piperidine rings is 1. The molecule has 1 unspecified atom stereocenters. The van der Waals surface area contributed by atoms with Gasteiger partial charge in [-0.1, -0.05) is 12.2 Å². The second-order valence-corrected chi connectivity index (χ2v) is 8.44. The van der Waals surface area contributed by atoms with Gasteiger partial charge in [-0.25, -0.2) is 12.8 Å². The van der Waals surface area contributed by atoms with Gasteiger partial charge in [0.15, 0.2) is 0 Å². The number of halogens is 1. The molecular weight excluding hydrogens is 357 g/mol. The molecule has 2 aliphatic rings. The van der Waals surface area contributed by atoms with E-state index < -0.39 is 10.0 Å². The van der Waals surface area contributed by atoms with Gasteiger partial charge in [0.2, 0.25) is 10.0 Å². The molecule has 0 spiro atoms. The number of nitrogens with zero attached hydrogens (tertiary/aromatic N) is 1. The number of benzene rings is 1. The van der Waals surface area contributed by atoms with Crippen molar-refractivity contribution < 1.29 is 22.3 Å². The highest BCUT2D eigenvalue weighted by Gasteiger charge is 2.35. The van der Waals surface area contributed by atoms with E-state index in [1.807, 2.05) is 12.2 Å². The van der Waals surface area contributed by atoms with E-state index in [4.69, 9.17) is 9.47 Å². The largest absolute Gasteiger partial charge is 0.497 e. The van der Waals surface area contributed by atoms with E-state index in [0.29, 0.717) is 38.1 Å². The highest BCUT2D eigenvalue weighted by atomic mass is 32.2. The van der Waals surface area contributed by atoms with E-state index in [9.17, 15) is 12.8 Å². The minimum absolute atomic E-state index is 0.0942. The fourth-order valence-electron chi connectivity index (χ4n) is 3.62. The molecule has 1 aliphatic carbocycles. The van der Waals surface area contributed by atoms with Gasteiger partial charge in [-0.15, -0.1) is 0 Å². The number of hydrogen-bond acceptors (Lipinski definition) is 4. The molecule has 1 fully saturated rings. The summed E-state index contributed by atoms with van der Waals surface area (Å²) in [5, 5.41) is 0. The lowest BCUT2D eigenvalue weighted by atomic mass is 9.82. The monoisotopic (exact) mass is 381 g/mol. The number of methoxy groups -OCH3 is 2. The number of sulfonamides is 1. The number of ether oxygens (including phenoxy) is 2. The van der Waals surface area contributed by atoms with Crippen molar-refractivity contribution in [3.63, 3.8) is 0 Å². The smallest absolute Gasteiger partial charge is 0.246 e. The summed E-state index contributed by atoms with van der Waals surface area (Å²) in [6.07, 6.45) is 7.37. The first-order valence-corrected chi connectivity index (χ1v) is 10.2. The molecule has 26 heavy (non-hydrogen) atoms. The van der Waals surface area contributed by atoms with Gasteiger partial charge in [0.1, 0.15) is 22.2 Å². The Morgan fingerprint density at radius 1 is 1.15 bits per heavy atom. The molecule has 0 aromatic heterocycles. The molecule has 1 heterocycles. The van der Waals surface area contributed by atoms with Gasteiger partial charge in [-0.2, -0.15) is 4.31 Å². The summed E-state index contributed by atoms with van der Waals surface area (Å²) in [6.45, 7) is 0.732. The lowest BCUT2D eigenvalue weighted by molar-refractivity contribution is 0.231. The van der Waals surface area contributed by atoms with Crippen LogP contribution in [0.3, 0.4) is 0 Å². The molecule has 7 heteroatoms. The molecule has 5 nitrogen and oxygen atoms in total. The fourth-order valence-corrected chi connectivity index (χ4v) is 5.26. The molecule has 142 valence electrons. The van der Waals surface area contributed by atoms with Crippen molar-refractivity contribution in [3.05, 3.63) is 42.3 Å². The number of allylic oxidation sites excluding steroid dienone is 4. The third-order valence-electron chi connectivity index (χ3n) is 5.11. The van der Waals surface area contributed by atoms with Gasteiger partial charge in [0, 0.05) is 25.1 Å². The quantitative estimate of drug-likeness (QED) is 0.732. The minimum Gasteiger partial charge on any atom is -0.497 e. The highest BCUT2D eigenvalue weighted by Crippen LogP contribution is 2.37. The Balaban J connectivity index is 1.77. The van der Waals surface area contributed by atoms with Crippen molar-refractivity contribution in [1.82, 2.24) is 4.31 Å². The van der Waals surface area contributed by atoms with Crippen LogP contribution in [-0.4, -0.2) is 40.0 Å². The molecule has 0 saturated carbocycles. The van der Waals surface area contributed by atoms with Crippen LogP contribution in [0.1, 0.15) is 19.3 Å². The second kappa shape index (κ2) is 7.80. The third-order valence-corrected chi connectivity index (χ3v) is 7.03. The Morgan fingerprint density at radius 2 is 1.88 bits per heavy atom. The summed E-state index contributed by atoms with van der Waals surface area (Å²) in [4.78, 5) is 0.0986. The van der Waals surface area contributed by atoms with Gasteiger partial charge < -0.3 is 9.47 Å². The maximum atomic E-state index is 14.1. The molecule has 0 N–H and O–H groups in total. The van der Waals surface area contributed by atoms with Crippen LogP contribution in [0.4, 0.5) is 4.39 Å². The standard InChI is InChI=1S/C19H24FNO4S/c1-24-15-7-8-18(25-2)19(13-15)26(22,23)21-11-9-14(10-12-21)16-5-3-4-6-17(16)20/h3,5-8,13-14,16H,4,9-12H2,1-2H3. The van der Waals surface area contributed by atoms with Gasteiger partial charge in [-0.3, -0.25) is 0 Å². The van der Waals surface area contributed by atoms with Gasteiger partial charge >= 0.3 is 0 Å². The summed E-state index contributed by atoms with van der Waals surface area (Å²) in [6, 6.07) is 4.73. The van der Waals surface area contributed by atoms with E-state index in [1.165, 1.54) is 24.6 Å². The van der Waals surface area contributed by atoms with Crippen LogP contribution in [0.2, 0.25) is 0 Å². The van der Waals surface area contributed by atoms with Crippen LogP contribution >= 0.6 is 0 Å². The Morgan fingerprint density at radius 3 is 2.50 bits per heavy atom. The lowest BCUT2D eigenvalue weighted by Crippen LogP contribution is -2.40. The summed E-state index contributed by atoms with van der Waals surface area (Å²) in [5.41, 5.74) is 0. The first-order chi connectivity index (χ1) is 12.5. The highest BCUT2D eigenvalue weighted by molar-refractivity contribution is 7.89. The first kappa shape index (κ1) is 18.9. The third kappa shape index (κ3) is 3.64. The zero-order valence-corrected chi connectivity index (χ0v) is 15.8. The van der Waals surface area contributed by atoms with Gasteiger partial charge in [0.05, 0.1) is 14.2 Å². The topological polar surface area (TPSA) is 55.8 Å². The average molecular weight is 381 g/mol. The Hall–Kier alpha value is -1.86. The Kier molecular flexibility index (Phi) is 5.67. The maximum absolute atomic E-state index is 14.1. The number of hydrogen-bond donors (Lipinski definition) is 0. The van der Waals surface area contributed by atoms with E-state index in [-0.39, 0.29) is 28.3 Å². The summed E-state index contributed by atoms with van der Waals surface area (Å²) in [5.74, 6) is 0.556. The van der Waals surface area contributed by atoms with Crippen molar-refractivity contribution in [2.75, 3.05) is 27.3 Å². The molecule has 1 saturated heterocycles. The van der Waals surface area contributed by atoms with Crippen molar-refractivity contribution in [2.45, 2.75) is 24.2 Å². The van der Waals surface area contributed by atoms with Crippen molar-refractivity contribution in [3.8, 4) is 11.5 Å². The summed E-state index contributed by atoms with van der Waals surface area (Å²) in [7, 11) is -0.772. The molecule has 0 amide bonds. The summed E-state index contributed by atoms with van der Waals surface area (Å²) < 4.78 is 52.0. The molecular formula is C19H24FNO4S. The van der Waals surface area contributed by atoms with Crippen LogP contribution in [0.5, 0.6) is 11.5 Å². The predicted octanol–water partition coefficient (Wildman–Crippen LogP) is 3.53. The van der Waals surface area contributed by atoms with Crippen LogP contribution < -0.4 is 9.47 Å². The lowest BCUT2D eigenvalue weighted by Gasteiger charge is -2.34. The normalized spacial score (nSPS) is 22.1. The van der Waals surface area contributed by atoms with E-state index in [1.54, 1.807) is 18.2 Å². The van der Waals surface area contributed by atoms with Crippen molar-refractivity contribution in [2.24, 2.45) is 11.8 Å².